The maximum Gasteiger partial charge on any atom is 0.236 e. The summed E-state index contributed by atoms with van der Waals surface area (Å²) in [5.41, 5.74) is 0. The van der Waals surface area contributed by atoms with Crippen molar-refractivity contribution < 1.29 is 14.2 Å². The van der Waals surface area contributed by atoms with Crippen molar-refractivity contribution in [1.82, 2.24) is 24.4 Å². The molecule has 1 aromatic rings. The number of aromatic nitrogens is 2. The predicted octanol–water partition coefficient (Wildman–Crippen LogP) is 0.277. The number of nitriles is 1. The fourth-order valence-electron chi connectivity index (χ4n) is 3.89. The van der Waals surface area contributed by atoms with E-state index in [1.54, 1.807) is 0 Å². The zero-order valence-corrected chi connectivity index (χ0v) is 16.5. The highest BCUT2D eigenvalue weighted by Crippen LogP contribution is 2.26. The summed E-state index contributed by atoms with van der Waals surface area (Å²) in [6.07, 6.45) is 1.87. The van der Waals surface area contributed by atoms with Gasteiger partial charge in [-0.1, -0.05) is 9.71 Å². The minimum atomic E-state index is 0.0316. The molecule has 9 nitrogen and oxygen atoms in total. The lowest BCUT2D eigenvalue weighted by atomic mass is 10.1. The Morgan fingerprint density at radius 3 is 2.67 bits per heavy atom. The lowest BCUT2D eigenvalue weighted by molar-refractivity contribution is -0.134. The van der Waals surface area contributed by atoms with Crippen molar-refractivity contribution in [3.05, 3.63) is 0 Å². The van der Waals surface area contributed by atoms with Crippen LogP contribution in [0.2, 0.25) is 0 Å². The molecule has 0 saturated carbocycles. The van der Waals surface area contributed by atoms with Gasteiger partial charge < -0.3 is 9.64 Å². The molecule has 3 aliphatic rings. The Bertz CT molecular complexity index is 650. The highest BCUT2D eigenvalue weighted by molar-refractivity contribution is 7.99. The number of amides is 1. The molecule has 1 atom stereocenters. The average molecular weight is 397 g/mol. The van der Waals surface area contributed by atoms with E-state index >= 15 is 0 Å². The number of hydrogen-bond donors (Lipinski definition) is 0. The normalized spacial score (nSPS) is 25.9. The average Bonchev–Trinajstić information content (AvgIpc) is 3.34. The molecule has 3 aliphatic heterocycles. The fourth-order valence-corrected chi connectivity index (χ4v) is 5.04. The van der Waals surface area contributed by atoms with Crippen molar-refractivity contribution in [3.8, 4) is 6.07 Å². The van der Waals surface area contributed by atoms with E-state index in [1.165, 1.54) is 0 Å². The van der Waals surface area contributed by atoms with Gasteiger partial charge in [-0.2, -0.15) is 5.26 Å². The lowest BCUT2D eigenvalue weighted by Gasteiger charge is -2.33. The van der Waals surface area contributed by atoms with E-state index in [-0.39, 0.29) is 11.9 Å². The van der Waals surface area contributed by atoms with Gasteiger partial charge in [-0.05, 0) is 12.8 Å². The molecule has 0 aliphatic carbocycles. The largest absolute Gasteiger partial charge is 0.379 e. The topological polar surface area (TPSA) is 82.8 Å². The van der Waals surface area contributed by atoms with Gasteiger partial charge in [0.2, 0.25) is 5.91 Å². The van der Waals surface area contributed by atoms with Crippen LogP contribution in [0.5, 0.6) is 0 Å². The van der Waals surface area contributed by atoms with E-state index in [4.69, 9.17) is 14.6 Å². The molecule has 3 saturated heterocycles. The molecule has 1 aromatic heterocycles. The molecule has 0 N–H and O–H groups in total. The first-order valence-electron chi connectivity index (χ1n) is 9.78. The number of morpholine rings is 1. The molecule has 3 fully saturated rings. The molecular weight excluding hydrogens is 368 g/mol. The molecular formula is C17H28N6O3S. The summed E-state index contributed by atoms with van der Waals surface area (Å²) in [4.78, 5) is 22.7. The summed E-state index contributed by atoms with van der Waals surface area (Å²) >= 11 is 1.81. The zero-order chi connectivity index (χ0) is 18.6. The summed E-state index contributed by atoms with van der Waals surface area (Å²) in [6.45, 7) is 6.87. The van der Waals surface area contributed by atoms with Crippen molar-refractivity contribution in [1.29, 1.82) is 5.26 Å². The third kappa shape index (κ3) is 4.71. The van der Waals surface area contributed by atoms with Gasteiger partial charge in [0.15, 0.2) is 0 Å². The number of rotatable bonds is 6. The van der Waals surface area contributed by atoms with Gasteiger partial charge in [-0.15, -0.1) is 11.8 Å². The quantitative estimate of drug-likeness (QED) is 0.683. The second-order valence-corrected chi connectivity index (χ2v) is 8.42. The van der Waals surface area contributed by atoms with Gasteiger partial charge in [-0.25, -0.2) is 0 Å². The van der Waals surface area contributed by atoms with E-state index in [9.17, 15) is 4.79 Å². The molecule has 4 rings (SSSR count). The van der Waals surface area contributed by atoms with Crippen LogP contribution in [0.25, 0.3) is 0 Å². The van der Waals surface area contributed by atoms with Crippen LogP contribution in [-0.2, 0) is 16.1 Å². The van der Waals surface area contributed by atoms with Gasteiger partial charge >= 0.3 is 0 Å². The number of carbonyl (C=O) groups is 1. The van der Waals surface area contributed by atoms with Crippen molar-refractivity contribution in [2.75, 3.05) is 64.1 Å². The summed E-state index contributed by atoms with van der Waals surface area (Å²) in [5.74, 6) is 2.06. The number of ether oxygens (including phenoxy) is 1. The maximum absolute atomic E-state index is 12.5. The van der Waals surface area contributed by atoms with Crippen LogP contribution in [0.4, 0.5) is 0 Å². The second kappa shape index (κ2) is 8.73. The number of piperidine rings is 1. The van der Waals surface area contributed by atoms with Gasteiger partial charge in [0.1, 0.15) is 6.04 Å². The van der Waals surface area contributed by atoms with Crippen LogP contribution in [-0.4, -0.2) is 100 Å². The number of thioether (sulfide) groups is 1. The van der Waals surface area contributed by atoms with Crippen LogP contribution in [0.15, 0.2) is 4.63 Å². The molecule has 4 heterocycles. The van der Waals surface area contributed by atoms with Gasteiger partial charge in [0.05, 0.1) is 38.4 Å². The Morgan fingerprint density at radius 1 is 1.15 bits per heavy atom. The molecule has 1 unspecified atom stereocenters. The molecule has 0 bridgehead atoms. The Balaban J connectivity index is 1.17. The molecule has 0 spiro atoms. The van der Waals surface area contributed by atoms with E-state index in [1.807, 2.05) is 26.4 Å². The zero-order valence-electron chi connectivity index (χ0n) is 15.7. The lowest BCUT2D eigenvalue weighted by Crippen LogP contribution is -2.47. The molecule has 1 amide bonds. The SMILES string of the molecule is N#CC1CSCN1CCn1on1C1CCN(C(=O)CN2CCOCC2)CC1. The summed E-state index contributed by atoms with van der Waals surface area (Å²) in [7, 11) is 0. The number of nitrogens with zero attached hydrogens (tertiary/aromatic N) is 6. The Kier molecular flexibility index (Phi) is 6.12. The molecule has 150 valence electrons. The monoisotopic (exact) mass is 396 g/mol. The predicted molar refractivity (Wildman–Crippen MR) is 100 cm³/mol. The summed E-state index contributed by atoms with van der Waals surface area (Å²) in [6, 6.07) is 2.74. The van der Waals surface area contributed by atoms with Gasteiger partial charge in [-0.3, -0.25) is 19.2 Å². The van der Waals surface area contributed by atoms with Crippen LogP contribution in [0.3, 0.4) is 0 Å². The third-order valence-corrected chi connectivity index (χ3v) is 6.73. The fraction of sp³-hybridized carbons (Fsp3) is 0.882. The Labute approximate surface area is 163 Å². The number of hydrogen-bond acceptors (Lipinski definition) is 7. The van der Waals surface area contributed by atoms with Crippen molar-refractivity contribution >= 4 is 17.7 Å². The maximum atomic E-state index is 12.5. The molecule has 0 aromatic carbocycles. The second-order valence-electron chi connectivity index (χ2n) is 7.42. The van der Waals surface area contributed by atoms with E-state index in [0.717, 1.165) is 77.0 Å². The van der Waals surface area contributed by atoms with Crippen LogP contribution >= 0.6 is 11.8 Å². The molecule has 27 heavy (non-hydrogen) atoms. The van der Waals surface area contributed by atoms with Gasteiger partial charge in [0.25, 0.3) is 0 Å². The highest BCUT2D eigenvalue weighted by Gasteiger charge is 2.31. The summed E-state index contributed by atoms with van der Waals surface area (Å²) < 4.78 is 11.0. The summed E-state index contributed by atoms with van der Waals surface area (Å²) in [5, 5.41) is 9.14. The first-order valence-corrected chi connectivity index (χ1v) is 10.9. The molecule has 10 heteroatoms. The number of carbonyl (C=O) groups excluding carboxylic acids is 1. The number of likely N-dealkylation sites (tertiary alicyclic amines) is 1. The van der Waals surface area contributed by atoms with Gasteiger partial charge in [0, 0.05) is 44.4 Å². The smallest absolute Gasteiger partial charge is 0.236 e. The molecule has 0 radical (unpaired) electrons. The van der Waals surface area contributed by atoms with Crippen molar-refractivity contribution in [3.63, 3.8) is 0 Å². The van der Waals surface area contributed by atoms with E-state index in [2.05, 4.69) is 15.9 Å². The van der Waals surface area contributed by atoms with Crippen LogP contribution in [0.1, 0.15) is 18.9 Å². The van der Waals surface area contributed by atoms with Crippen molar-refractivity contribution in [2.24, 2.45) is 0 Å². The first-order chi connectivity index (χ1) is 13.2. The minimum Gasteiger partial charge on any atom is -0.379 e. The standard InChI is InChI=1S/C17H28N6O3S/c18-11-16-13-27-14-21(16)5-6-22-23(26-22)15-1-3-20(4-2-15)17(24)12-19-7-9-25-10-8-19/h15-16H,1-10,12-14H2. The minimum absolute atomic E-state index is 0.0316. The van der Waals surface area contributed by atoms with E-state index < -0.39 is 0 Å². The Morgan fingerprint density at radius 2 is 1.93 bits per heavy atom. The third-order valence-electron chi connectivity index (χ3n) is 5.67. The first kappa shape index (κ1) is 18.9. The highest BCUT2D eigenvalue weighted by atomic mass is 32.2. The van der Waals surface area contributed by atoms with Crippen LogP contribution < -0.4 is 0 Å². The Hall–Kier alpha value is -1.41. The van der Waals surface area contributed by atoms with Crippen LogP contribution in [0, 0.1) is 11.3 Å². The van der Waals surface area contributed by atoms with E-state index in [0.29, 0.717) is 12.6 Å². The van der Waals surface area contributed by atoms with Crippen molar-refractivity contribution in [2.45, 2.75) is 31.5 Å².